The van der Waals surface area contributed by atoms with E-state index in [2.05, 4.69) is 0 Å². The Morgan fingerprint density at radius 1 is 0.920 bits per heavy atom. The predicted molar refractivity (Wildman–Crippen MR) is 96.8 cm³/mol. The molecule has 0 spiro atoms. The number of carbonyl (C=O) groups excluding carboxylic acids is 2. The molecule has 2 rings (SSSR count). The average molecular weight is 338 g/mol. The highest BCUT2D eigenvalue weighted by atomic mass is 16.5. The summed E-state index contributed by atoms with van der Waals surface area (Å²) in [5.41, 5.74) is 1.96. The first kappa shape index (κ1) is 18.5. The molecule has 0 heterocycles. The van der Waals surface area contributed by atoms with Crippen molar-refractivity contribution in [3.63, 3.8) is 0 Å². The topological polar surface area (TPSA) is 52.6 Å². The number of ether oxygens (including phenoxy) is 2. The van der Waals surface area contributed by atoms with Gasteiger partial charge in [-0.05, 0) is 11.1 Å². The fourth-order valence-electron chi connectivity index (χ4n) is 2.70. The zero-order valence-corrected chi connectivity index (χ0v) is 14.4. The van der Waals surface area contributed by atoms with E-state index in [1.165, 1.54) is 14.2 Å². The van der Waals surface area contributed by atoms with Crippen molar-refractivity contribution < 1.29 is 19.1 Å². The van der Waals surface area contributed by atoms with Gasteiger partial charge in [-0.3, -0.25) is 9.59 Å². The third-order valence-electron chi connectivity index (χ3n) is 4.03. The minimum atomic E-state index is -0.653. The smallest absolute Gasteiger partial charge is 0.310 e. The van der Waals surface area contributed by atoms with E-state index < -0.39 is 17.9 Å². The van der Waals surface area contributed by atoms with Crippen molar-refractivity contribution in [2.45, 2.75) is 12.3 Å². The molecule has 0 aliphatic carbocycles. The van der Waals surface area contributed by atoms with Crippen LogP contribution in [0.4, 0.5) is 0 Å². The van der Waals surface area contributed by atoms with E-state index in [9.17, 15) is 9.59 Å². The van der Waals surface area contributed by atoms with Crippen LogP contribution < -0.4 is 0 Å². The van der Waals surface area contributed by atoms with Crippen molar-refractivity contribution in [3.8, 4) is 0 Å². The first-order valence-electron chi connectivity index (χ1n) is 8.08. The van der Waals surface area contributed by atoms with Gasteiger partial charge in [0.25, 0.3) is 0 Å². The average Bonchev–Trinajstić information content (AvgIpc) is 2.68. The van der Waals surface area contributed by atoms with Gasteiger partial charge in [-0.25, -0.2) is 0 Å². The van der Waals surface area contributed by atoms with E-state index >= 15 is 0 Å². The van der Waals surface area contributed by atoms with Crippen molar-refractivity contribution in [3.05, 3.63) is 77.9 Å². The lowest BCUT2D eigenvalue weighted by molar-refractivity contribution is -0.152. The van der Waals surface area contributed by atoms with Gasteiger partial charge in [-0.1, -0.05) is 72.8 Å². The van der Waals surface area contributed by atoms with Crippen molar-refractivity contribution >= 4 is 18.0 Å². The summed E-state index contributed by atoms with van der Waals surface area (Å²) in [4.78, 5) is 24.1. The summed E-state index contributed by atoms with van der Waals surface area (Å²) in [6.07, 6.45) is 3.85. The maximum absolute atomic E-state index is 12.3. The number of carbonyl (C=O) groups is 2. The first-order chi connectivity index (χ1) is 12.2. The number of esters is 2. The Balaban J connectivity index is 2.39. The molecule has 0 aromatic heterocycles. The van der Waals surface area contributed by atoms with Crippen LogP contribution in [0.1, 0.15) is 23.5 Å². The summed E-state index contributed by atoms with van der Waals surface area (Å²) in [6, 6.07) is 19.4. The van der Waals surface area contributed by atoms with E-state index in [1.807, 2.05) is 72.8 Å². The van der Waals surface area contributed by atoms with E-state index in [0.717, 1.165) is 11.1 Å². The summed E-state index contributed by atoms with van der Waals surface area (Å²) in [7, 11) is 2.64. The normalized spacial score (nSPS) is 13.2. The van der Waals surface area contributed by atoms with E-state index in [4.69, 9.17) is 9.47 Å². The summed E-state index contributed by atoms with van der Waals surface area (Å²) < 4.78 is 9.69. The van der Waals surface area contributed by atoms with Gasteiger partial charge in [0.2, 0.25) is 0 Å². The summed E-state index contributed by atoms with van der Waals surface area (Å²) in [5, 5.41) is 0. The van der Waals surface area contributed by atoms with Gasteiger partial charge in [-0.2, -0.15) is 0 Å². The molecule has 0 aliphatic heterocycles. The number of rotatable bonds is 7. The number of hydrogen-bond donors (Lipinski definition) is 0. The molecular formula is C21H22O4. The highest BCUT2D eigenvalue weighted by molar-refractivity contribution is 5.81. The zero-order chi connectivity index (χ0) is 18.1. The molecular weight excluding hydrogens is 316 g/mol. The second-order valence-corrected chi connectivity index (χ2v) is 5.62. The molecule has 0 N–H and O–H groups in total. The minimum absolute atomic E-state index is 0.0398. The molecule has 0 aliphatic rings. The van der Waals surface area contributed by atoms with Crippen molar-refractivity contribution in [1.82, 2.24) is 0 Å². The molecule has 0 bridgehead atoms. The molecule has 2 aromatic rings. The molecule has 0 saturated carbocycles. The van der Waals surface area contributed by atoms with Gasteiger partial charge in [0.1, 0.15) is 0 Å². The van der Waals surface area contributed by atoms with Crippen LogP contribution in [-0.4, -0.2) is 26.2 Å². The van der Waals surface area contributed by atoms with Gasteiger partial charge in [0, 0.05) is 5.92 Å². The van der Waals surface area contributed by atoms with Gasteiger partial charge in [-0.15, -0.1) is 0 Å². The molecule has 0 fully saturated rings. The Hall–Kier alpha value is -2.88. The van der Waals surface area contributed by atoms with Crippen LogP contribution in [0.15, 0.2) is 66.7 Å². The van der Waals surface area contributed by atoms with Gasteiger partial charge in [0.15, 0.2) is 0 Å². The van der Waals surface area contributed by atoms with Crippen LogP contribution >= 0.6 is 0 Å². The van der Waals surface area contributed by atoms with Gasteiger partial charge < -0.3 is 9.47 Å². The van der Waals surface area contributed by atoms with Crippen LogP contribution in [0.3, 0.4) is 0 Å². The first-order valence-corrected chi connectivity index (χ1v) is 8.08. The third kappa shape index (κ3) is 5.31. The molecule has 130 valence electrons. The lowest BCUT2D eigenvalue weighted by atomic mass is 9.83. The Labute approximate surface area is 148 Å². The second kappa shape index (κ2) is 9.42. The molecule has 0 radical (unpaired) electrons. The van der Waals surface area contributed by atoms with E-state index in [0.29, 0.717) is 0 Å². The Morgan fingerprint density at radius 2 is 1.52 bits per heavy atom. The summed E-state index contributed by atoms with van der Waals surface area (Å²) in [5.74, 6) is -1.82. The molecule has 25 heavy (non-hydrogen) atoms. The van der Waals surface area contributed by atoms with Crippen molar-refractivity contribution in [1.29, 1.82) is 0 Å². The Morgan fingerprint density at radius 3 is 2.08 bits per heavy atom. The second-order valence-electron chi connectivity index (χ2n) is 5.62. The third-order valence-corrected chi connectivity index (χ3v) is 4.03. The number of methoxy groups -OCH3 is 2. The highest BCUT2D eigenvalue weighted by Gasteiger charge is 2.31. The number of hydrogen-bond acceptors (Lipinski definition) is 4. The van der Waals surface area contributed by atoms with Crippen LogP contribution in [0.2, 0.25) is 0 Å². The van der Waals surface area contributed by atoms with Crippen molar-refractivity contribution in [2.24, 2.45) is 5.92 Å². The van der Waals surface area contributed by atoms with Gasteiger partial charge in [0.05, 0.1) is 26.6 Å². The van der Waals surface area contributed by atoms with Crippen LogP contribution in [0, 0.1) is 5.92 Å². The lowest BCUT2D eigenvalue weighted by Crippen LogP contribution is -2.26. The summed E-state index contributed by atoms with van der Waals surface area (Å²) >= 11 is 0. The number of benzene rings is 2. The molecule has 2 aromatic carbocycles. The lowest BCUT2D eigenvalue weighted by Gasteiger charge is -2.22. The fraction of sp³-hybridized carbons (Fsp3) is 0.238. The van der Waals surface area contributed by atoms with Gasteiger partial charge >= 0.3 is 11.9 Å². The minimum Gasteiger partial charge on any atom is -0.469 e. The molecule has 2 unspecified atom stereocenters. The van der Waals surface area contributed by atoms with Crippen LogP contribution in [0.25, 0.3) is 6.08 Å². The Kier molecular flexibility index (Phi) is 6.96. The molecule has 4 heteroatoms. The quantitative estimate of drug-likeness (QED) is 0.720. The maximum atomic E-state index is 12.3. The molecule has 4 nitrogen and oxygen atoms in total. The zero-order valence-electron chi connectivity index (χ0n) is 14.4. The summed E-state index contributed by atoms with van der Waals surface area (Å²) in [6.45, 7) is 0. The highest BCUT2D eigenvalue weighted by Crippen LogP contribution is 2.31. The van der Waals surface area contributed by atoms with Crippen molar-refractivity contribution in [2.75, 3.05) is 14.2 Å². The molecule has 0 saturated heterocycles. The SMILES string of the molecule is COC(=O)CC(C(=O)OC)C(/C=C/c1ccccc1)c1ccccc1. The monoisotopic (exact) mass is 338 g/mol. The number of allylic oxidation sites excluding steroid dienone is 1. The molecule has 0 amide bonds. The van der Waals surface area contributed by atoms with E-state index in [1.54, 1.807) is 0 Å². The van der Waals surface area contributed by atoms with E-state index in [-0.39, 0.29) is 12.3 Å². The fourth-order valence-corrected chi connectivity index (χ4v) is 2.70. The largest absolute Gasteiger partial charge is 0.469 e. The standard InChI is InChI=1S/C21H22O4/c1-24-20(22)15-19(21(23)25-2)18(17-11-7-4-8-12-17)14-13-16-9-5-3-6-10-16/h3-14,18-19H,15H2,1-2H3/b14-13+. The predicted octanol–water partition coefficient (Wildman–Crippen LogP) is 3.84. The van der Waals surface area contributed by atoms with Crippen LogP contribution in [0.5, 0.6) is 0 Å². The van der Waals surface area contributed by atoms with Crippen LogP contribution in [-0.2, 0) is 19.1 Å². The Bertz CT molecular complexity index is 707. The molecule has 2 atom stereocenters. The maximum Gasteiger partial charge on any atom is 0.310 e.